The summed E-state index contributed by atoms with van der Waals surface area (Å²) in [7, 11) is 0. The van der Waals surface area contributed by atoms with Gasteiger partial charge in [-0.1, -0.05) is 52.9 Å². The van der Waals surface area contributed by atoms with Crippen molar-refractivity contribution in [2.75, 3.05) is 13.1 Å². The lowest BCUT2D eigenvalue weighted by Crippen LogP contribution is -2.32. The second kappa shape index (κ2) is 8.97. The van der Waals surface area contributed by atoms with Gasteiger partial charge < -0.3 is 5.32 Å². The molecule has 0 aliphatic heterocycles. The second-order valence-corrected chi connectivity index (χ2v) is 5.93. The lowest BCUT2D eigenvalue weighted by Gasteiger charge is -2.34. The molecule has 0 radical (unpaired) electrons. The molecule has 1 nitrogen and oxygen atoms in total. The third-order valence-corrected chi connectivity index (χ3v) is 4.69. The highest BCUT2D eigenvalue weighted by atomic mass is 14.9. The SMILES string of the molecule is CCCNCC1CCCCC1CC(CC)CC. The van der Waals surface area contributed by atoms with Crippen LogP contribution >= 0.6 is 0 Å². The molecule has 1 saturated carbocycles. The van der Waals surface area contributed by atoms with E-state index in [0.29, 0.717) is 0 Å². The average molecular weight is 239 g/mol. The van der Waals surface area contributed by atoms with Crippen molar-refractivity contribution in [3.63, 3.8) is 0 Å². The Balaban J connectivity index is 2.36. The van der Waals surface area contributed by atoms with Crippen molar-refractivity contribution in [2.24, 2.45) is 17.8 Å². The molecule has 1 rings (SSSR count). The zero-order valence-electron chi connectivity index (χ0n) is 12.3. The minimum Gasteiger partial charge on any atom is -0.316 e. The monoisotopic (exact) mass is 239 g/mol. The molecule has 0 saturated heterocycles. The Morgan fingerprint density at radius 3 is 2.24 bits per heavy atom. The summed E-state index contributed by atoms with van der Waals surface area (Å²) >= 11 is 0. The van der Waals surface area contributed by atoms with Crippen LogP contribution in [0.4, 0.5) is 0 Å². The molecule has 2 atom stereocenters. The summed E-state index contributed by atoms with van der Waals surface area (Å²) in [6, 6.07) is 0. The predicted molar refractivity (Wildman–Crippen MR) is 77.3 cm³/mol. The van der Waals surface area contributed by atoms with Gasteiger partial charge in [0.2, 0.25) is 0 Å². The Bertz CT molecular complexity index is 174. The minimum atomic E-state index is 0.968. The Hall–Kier alpha value is -0.0400. The molecule has 1 aliphatic rings. The number of hydrogen-bond donors (Lipinski definition) is 1. The molecule has 1 fully saturated rings. The van der Waals surface area contributed by atoms with Crippen LogP contribution < -0.4 is 5.32 Å². The molecular formula is C16H33N. The van der Waals surface area contributed by atoms with Crippen molar-refractivity contribution in [1.29, 1.82) is 0 Å². The molecule has 0 spiro atoms. The highest BCUT2D eigenvalue weighted by Crippen LogP contribution is 2.35. The normalized spacial score (nSPS) is 25.4. The molecule has 0 bridgehead atoms. The van der Waals surface area contributed by atoms with Crippen molar-refractivity contribution in [3.05, 3.63) is 0 Å². The molecule has 17 heavy (non-hydrogen) atoms. The molecule has 0 amide bonds. The van der Waals surface area contributed by atoms with Crippen LogP contribution in [0.15, 0.2) is 0 Å². The van der Waals surface area contributed by atoms with E-state index >= 15 is 0 Å². The summed E-state index contributed by atoms with van der Waals surface area (Å²) in [5.41, 5.74) is 0. The largest absolute Gasteiger partial charge is 0.316 e. The smallest absolute Gasteiger partial charge is 0.00179 e. The van der Waals surface area contributed by atoms with Gasteiger partial charge in [0, 0.05) is 0 Å². The lowest BCUT2D eigenvalue weighted by molar-refractivity contribution is 0.187. The third-order valence-electron chi connectivity index (χ3n) is 4.69. The minimum absolute atomic E-state index is 0.968. The van der Waals surface area contributed by atoms with Gasteiger partial charge in [-0.15, -0.1) is 0 Å². The average Bonchev–Trinajstić information content (AvgIpc) is 2.38. The molecule has 0 aromatic heterocycles. The van der Waals surface area contributed by atoms with E-state index in [1.54, 1.807) is 0 Å². The first-order valence-corrected chi connectivity index (χ1v) is 8.02. The van der Waals surface area contributed by atoms with Gasteiger partial charge in [0.05, 0.1) is 0 Å². The lowest BCUT2D eigenvalue weighted by atomic mass is 9.74. The van der Waals surface area contributed by atoms with E-state index < -0.39 is 0 Å². The Morgan fingerprint density at radius 1 is 1.00 bits per heavy atom. The quantitative estimate of drug-likeness (QED) is 0.610. The van der Waals surface area contributed by atoms with Crippen LogP contribution in [-0.4, -0.2) is 13.1 Å². The van der Waals surface area contributed by atoms with Crippen LogP contribution in [0.25, 0.3) is 0 Å². The second-order valence-electron chi connectivity index (χ2n) is 5.93. The first-order valence-electron chi connectivity index (χ1n) is 8.02. The van der Waals surface area contributed by atoms with Crippen LogP contribution in [-0.2, 0) is 0 Å². The van der Waals surface area contributed by atoms with E-state index in [4.69, 9.17) is 0 Å². The molecule has 1 aliphatic carbocycles. The van der Waals surface area contributed by atoms with E-state index in [1.807, 2.05) is 0 Å². The highest BCUT2D eigenvalue weighted by molar-refractivity contribution is 4.79. The van der Waals surface area contributed by atoms with Crippen LogP contribution in [0.2, 0.25) is 0 Å². The number of rotatable bonds is 8. The summed E-state index contributed by atoms with van der Waals surface area (Å²) < 4.78 is 0. The summed E-state index contributed by atoms with van der Waals surface area (Å²) in [5.74, 6) is 2.96. The zero-order chi connectivity index (χ0) is 12.5. The van der Waals surface area contributed by atoms with Crippen molar-refractivity contribution in [1.82, 2.24) is 5.32 Å². The molecule has 0 aromatic rings. The Morgan fingerprint density at radius 2 is 1.65 bits per heavy atom. The zero-order valence-corrected chi connectivity index (χ0v) is 12.3. The van der Waals surface area contributed by atoms with E-state index in [1.165, 1.54) is 64.5 Å². The summed E-state index contributed by atoms with van der Waals surface area (Å²) in [5, 5.41) is 3.64. The van der Waals surface area contributed by atoms with Gasteiger partial charge in [-0.2, -0.15) is 0 Å². The molecule has 1 heteroatoms. The number of hydrogen-bond acceptors (Lipinski definition) is 1. The van der Waals surface area contributed by atoms with Crippen LogP contribution in [0, 0.1) is 17.8 Å². The molecule has 2 unspecified atom stereocenters. The fraction of sp³-hybridized carbons (Fsp3) is 1.00. The van der Waals surface area contributed by atoms with Crippen LogP contribution in [0.1, 0.15) is 72.1 Å². The topological polar surface area (TPSA) is 12.0 Å². The molecule has 1 N–H and O–H groups in total. The molecular weight excluding hydrogens is 206 g/mol. The van der Waals surface area contributed by atoms with Gasteiger partial charge in [0.25, 0.3) is 0 Å². The highest BCUT2D eigenvalue weighted by Gasteiger charge is 2.26. The van der Waals surface area contributed by atoms with Gasteiger partial charge in [-0.05, 0) is 50.1 Å². The summed E-state index contributed by atoms with van der Waals surface area (Å²) in [6.45, 7) is 9.46. The standard InChI is InChI=1S/C16H33N/c1-4-11-17-13-16-10-8-7-9-15(16)12-14(5-2)6-3/h14-17H,4-13H2,1-3H3. The van der Waals surface area contributed by atoms with Gasteiger partial charge >= 0.3 is 0 Å². The number of nitrogens with one attached hydrogen (secondary N) is 1. The van der Waals surface area contributed by atoms with Crippen molar-refractivity contribution < 1.29 is 0 Å². The first-order chi connectivity index (χ1) is 8.31. The summed E-state index contributed by atoms with van der Waals surface area (Å²) in [6.07, 6.45) is 11.4. The summed E-state index contributed by atoms with van der Waals surface area (Å²) in [4.78, 5) is 0. The van der Waals surface area contributed by atoms with E-state index in [0.717, 1.165) is 17.8 Å². The van der Waals surface area contributed by atoms with E-state index in [2.05, 4.69) is 26.1 Å². The fourth-order valence-corrected chi connectivity index (χ4v) is 3.38. The third kappa shape index (κ3) is 5.42. The Labute approximate surface area is 109 Å². The van der Waals surface area contributed by atoms with Crippen LogP contribution in [0.5, 0.6) is 0 Å². The van der Waals surface area contributed by atoms with Crippen molar-refractivity contribution in [3.8, 4) is 0 Å². The van der Waals surface area contributed by atoms with Gasteiger partial charge in [-0.3, -0.25) is 0 Å². The van der Waals surface area contributed by atoms with Crippen molar-refractivity contribution in [2.45, 2.75) is 72.1 Å². The van der Waals surface area contributed by atoms with E-state index in [-0.39, 0.29) is 0 Å². The maximum atomic E-state index is 3.64. The van der Waals surface area contributed by atoms with Gasteiger partial charge in [0.1, 0.15) is 0 Å². The molecule has 102 valence electrons. The fourth-order valence-electron chi connectivity index (χ4n) is 3.38. The maximum Gasteiger partial charge on any atom is -0.00179 e. The Kier molecular flexibility index (Phi) is 7.92. The van der Waals surface area contributed by atoms with Crippen molar-refractivity contribution >= 4 is 0 Å². The first kappa shape index (κ1) is 15.0. The van der Waals surface area contributed by atoms with Gasteiger partial charge in [-0.25, -0.2) is 0 Å². The van der Waals surface area contributed by atoms with Crippen LogP contribution in [0.3, 0.4) is 0 Å². The van der Waals surface area contributed by atoms with Gasteiger partial charge in [0.15, 0.2) is 0 Å². The predicted octanol–water partition coefficient (Wildman–Crippen LogP) is 4.62. The molecule has 0 aromatic carbocycles. The maximum absolute atomic E-state index is 3.64. The molecule has 0 heterocycles. The van der Waals surface area contributed by atoms with E-state index in [9.17, 15) is 0 Å².